The molecule has 0 N–H and O–H groups in total. The summed E-state index contributed by atoms with van der Waals surface area (Å²) in [6.07, 6.45) is 0. The molecule has 0 aliphatic heterocycles. The average Bonchev–Trinajstić information content (AvgIpc) is 2.34. The Morgan fingerprint density at radius 2 is 1.47 bits per heavy atom. The minimum atomic E-state index is -5.08. The molecule has 0 bridgehead atoms. The van der Waals surface area contributed by atoms with Crippen LogP contribution in [0.2, 0.25) is 0 Å². The molecule has 0 saturated carbocycles. The Balaban J connectivity index is 0.00000324. The summed E-state index contributed by atoms with van der Waals surface area (Å²) < 4.78 is 51.8. The van der Waals surface area contributed by atoms with Crippen molar-refractivity contribution in [2.24, 2.45) is 0 Å². The normalized spacial score (nSPS) is 10.4. The first-order valence-electron chi connectivity index (χ1n) is 5.10. The van der Waals surface area contributed by atoms with Gasteiger partial charge in [0, 0.05) is 18.2 Å². The van der Waals surface area contributed by atoms with Crippen molar-refractivity contribution in [3.05, 3.63) is 30.3 Å². The molecule has 0 saturated heterocycles. The predicted octanol–water partition coefficient (Wildman–Crippen LogP) is 0.0294. The van der Waals surface area contributed by atoms with E-state index in [0.29, 0.717) is 11.5 Å². The second-order valence-corrected chi connectivity index (χ2v) is 3.57. The number of ether oxygens (including phenoxy) is 3. The van der Waals surface area contributed by atoms with Crippen molar-refractivity contribution in [2.75, 3.05) is 20.8 Å². The van der Waals surface area contributed by atoms with Crippen LogP contribution in [0.25, 0.3) is 0 Å². The molecule has 8 heteroatoms. The zero-order valence-corrected chi connectivity index (χ0v) is 14.2. The van der Waals surface area contributed by atoms with E-state index in [2.05, 4.69) is 6.58 Å². The first-order valence-corrected chi connectivity index (χ1v) is 5.10. The fraction of sp³-hybridized carbons (Fsp3) is 0.273. The molecule has 1 aromatic rings. The van der Waals surface area contributed by atoms with Gasteiger partial charge in [-0.3, -0.25) is 0 Å². The maximum absolute atomic E-state index is 12.3. The maximum Gasteiger partial charge on any atom is 1.00 e. The number of methoxy groups -OCH3 is 2. The van der Waals surface area contributed by atoms with Gasteiger partial charge in [-0.2, -0.15) is 0 Å². The molecule has 1 aromatic carbocycles. The van der Waals surface area contributed by atoms with Gasteiger partial charge in [0.25, 0.3) is 0 Å². The molecule has 0 fully saturated rings. The Morgan fingerprint density at radius 1 is 1.05 bits per heavy atom. The molecule has 0 spiro atoms. The summed E-state index contributed by atoms with van der Waals surface area (Å²) in [7, 11) is 2.88. The van der Waals surface area contributed by atoms with Crippen molar-refractivity contribution in [3.63, 3.8) is 0 Å². The summed E-state index contributed by atoms with van der Waals surface area (Å²) in [5.41, 5.74) is -0.892. The monoisotopic (exact) mass is 300 g/mol. The Labute approximate surface area is 152 Å². The van der Waals surface area contributed by atoms with Crippen molar-refractivity contribution < 1.29 is 78.5 Å². The van der Waals surface area contributed by atoms with E-state index in [1.54, 1.807) is 6.07 Å². The largest absolute Gasteiger partial charge is 1.00 e. The van der Waals surface area contributed by atoms with E-state index in [-0.39, 0.29) is 57.1 Å². The third-order valence-corrected chi connectivity index (χ3v) is 2.21. The van der Waals surface area contributed by atoms with Gasteiger partial charge in [0.2, 0.25) is 0 Å². The molecule has 19 heavy (non-hydrogen) atoms. The first kappa shape index (κ1) is 18.9. The van der Waals surface area contributed by atoms with Crippen LogP contribution in [0, 0.1) is 0 Å². The molecule has 0 aliphatic carbocycles. The fourth-order valence-corrected chi connectivity index (χ4v) is 1.14. The molecule has 0 radical (unpaired) electrons. The van der Waals surface area contributed by atoms with Gasteiger partial charge in [0.1, 0.15) is 17.2 Å². The summed E-state index contributed by atoms with van der Waals surface area (Å²) in [4.78, 5) is 0. The van der Waals surface area contributed by atoms with Gasteiger partial charge in [-0.05, 0) is 0 Å². The van der Waals surface area contributed by atoms with E-state index in [1.807, 2.05) is 0 Å². The molecule has 1 rings (SSSR count). The molecule has 0 amide bonds. The number of hydrogen-bond donors (Lipinski definition) is 0. The van der Waals surface area contributed by atoms with Crippen molar-refractivity contribution in [1.29, 1.82) is 0 Å². The first-order chi connectivity index (χ1) is 8.36. The Morgan fingerprint density at radius 3 is 1.84 bits per heavy atom. The number of rotatable bonds is 6. The van der Waals surface area contributed by atoms with E-state index in [9.17, 15) is 12.9 Å². The van der Waals surface area contributed by atoms with E-state index in [0.717, 1.165) is 0 Å². The topological polar surface area (TPSA) is 27.7 Å². The maximum atomic E-state index is 12.3. The van der Waals surface area contributed by atoms with Crippen LogP contribution in [-0.4, -0.2) is 27.8 Å². The molecule has 0 aliphatic rings. The van der Waals surface area contributed by atoms with Crippen molar-refractivity contribution in [1.82, 2.24) is 0 Å². The number of hydrogen-bond acceptors (Lipinski definition) is 3. The SMILES string of the molecule is C=C(COc1cc(OC)cc(OC)c1)[B-](F)(F)F.[K+]. The van der Waals surface area contributed by atoms with Crippen LogP contribution in [-0.2, 0) is 0 Å². The summed E-state index contributed by atoms with van der Waals surface area (Å²) >= 11 is 0. The van der Waals surface area contributed by atoms with Gasteiger partial charge < -0.3 is 27.2 Å². The zero-order chi connectivity index (χ0) is 13.8. The molecule has 0 atom stereocenters. The third-order valence-electron chi connectivity index (χ3n) is 2.21. The van der Waals surface area contributed by atoms with Gasteiger partial charge >= 0.3 is 58.4 Å². The van der Waals surface area contributed by atoms with Crippen LogP contribution in [0.1, 0.15) is 0 Å². The average molecular weight is 300 g/mol. The second kappa shape index (κ2) is 8.21. The molecule has 3 nitrogen and oxygen atoms in total. The number of benzene rings is 1. The van der Waals surface area contributed by atoms with E-state index >= 15 is 0 Å². The molecule has 100 valence electrons. The summed E-state index contributed by atoms with van der Waals surface area (Å²) in [5.74, 6) is 1.10. The van der Waals surface area contributed by atoms with E-state index in [1.165, 1.54) is 26.4 Å². The van der Waals surface area contributed by atoms with E-state index in [4.69, 9.17) is 14.2 Å². The fourth-order valence-electron chi connectivity index (χ4n) is 1.14. The van der Waals surface area contributed by atoms with Crippen LogP contribution >= 0.6 is 0 Å². The van der Waals surface area contributed by atoms with Crippen LogP contribution in [0.4, 0.5) is 12.9 Å². The van der Waals surface area contributed by atoms with Crippen molar-refractivity contribution in [3.8, 4) is 17.2 Å². The Kier molecular flexibility index (Phi) is 8.14. The molecule has 0 unspecified atom stereocenters. The van der Waals surface area contributed by atoms with Crippen LogP contribution < -0.4 is 65.6 Å². The summed E-state index contributed by atoms with van der Waals surface area (Å²) in [5, 5.41) is 0. The molecule has 0 aromatic heterocycles. The molecule has 0 heterocycles. The minimum absolute atomic E-state index is 0. The van der Waals surface area contributed by atoms with Gasteiger partial charge in [0.15, 0.2) is 0 Å². The quantitative estimate of drug-likeness (QED) is 0.694. The van der Waals surface area contributed by atoms with Gasteiger partial charge in [0.05, 0.1) is 20.8 Å². The van der Waals surface area contributed by atoms with Gasteiger partial charge in [-0.15, -0.1) is 12.1 Å². The van der Waals surface area contributed by atoms with E-state index < -0.39 is 19.1 Å². The summed E-state index contributed by atoms with van der Waals surface area (Å²) in [6, 6.07) is 4.54. The second-order valence-electron chi connectivity index (χ2n) is 3.57. The Hall–Kier alpha value is -0.149. The zero-order valence-electron chi connectivity index (χ0n) is 11.1. The van der Waals surface area contributed by atoms with Gasteiger partial charge in [-0.1, -0.05) is 0 Å². The van der Waals surface area contributed by atoms with Gasteiger partial charge in [-0.25, -0.2) is 0 Å². The van der Waals surface area contributed by atoms with Crippen molar-refractivity contribution in [2.45, 2.75) is 0 Å². The minimum Gasteiger partial charge on any atom is -0.496 e. The van der Waals surface area contributed by atoms with Crippen LogP contribution in [0.5, 0.6) is 17.2 Å². The number of halogens is 3. The standard InChI is InChI=1S/C11H13BF3O3.K/c1-8(12(13,14)15)7-18-11-5-9(16-2)4-10(6-11)17-3;/h4-6H,1,7H2,2-3H3;/q-1;+1. The summed E-state index contributed by atoms with van der Waals surface area (Å²) in [6.45, 7) is -2.75. The van der Waals surface area contributed by atoms with Crippen LogP contribution in [0.15, 0.2) is 30.3 Å². The van der Waals surface area contributed by atoms with Crippen LogP contribution in [0.3, 0.4) is 0 Å². The Bertz CT molecular complexity index is 415. The smallest absolute Gasteiger partial charge is 0.496 e. The molecular formula is C11H13BF3KO3. The predicted molar refractivity (Wildman–Crippen MR) is 63.3 cm³/mol. The van der Waals surface area contributed by atoms with Crippen molar-refractivity contribution >= 4 is 6.98 Å². The third kappa shape index (κ3) is 6.22. The molecular weight excluding hydrogens is 287 g/mol.